The highest BCUT2D eigenvalue weighted by Crippen LogP contribution is 2.18. The Labute approximate surface area is 84.3 Å². The van der Waals surface area contributed by atoms with Crippen LogP contribution in [0.4, 0.5) is 0 Å². The molecule has 14 heavy (non-hydrogen) atoms. The summed E-state index contributed by atoms with van der Waals surface area (Å²) in [6.07, 6.45) is 1.80. The highest BCUT2D eigenvalue weighted by molar-refractivity contribution is 5.82. The van der Waals surface area contributed by atoms with Crippen LogP contribution in [-0.2, 0) is 4.79 Å². The Balaban J connectivity index is 1.85. The number of amides is 1. The van der Waals surface area contributed by atoms with Gasteiger partial charge < -0.3 is 15.3 Å². The SMILES string of the molecule is CC1CCNC(C(=O)N2CC(O)C2)C1. The lowest BCUT2D eigenvalue weighted by atomic mass is 9.93. The molecule has 1 amide bonds. The first kappa shape index (κ1) is 9.93. The van der Waals surface area contributed by atoms with Crippen LogP contribution in [0.1, 0.15) is 19.8 Å². The average molecular weight is 198 g/mol. The first-order valence-electron chi connectivity index (χ1n) is 5.37. The van der Waals surface area contributed by atoms with Gasteiger partial charge in [-0.15, -0.1) is 0 Å². The number of nitrogens with one attached hydrogen (secondary N) is 1. The fourth-order valence-electron chi connectivity index (χ4n) is 2.15. The van der Waals surface area contributed by atoms with E-state index < -0.39 is 0 Å². The molecule has 80 valence electrons. The van der Waals surface area contributed by atoms with Crippen molar-refractivity contribution < 1.29 is 9.90 Å². The molecule has 2 atom stereocenters. The van der Waals surface area contributed by atoms with Crippen LogP contribution in [-0.4, -0.2) is 47.7 Å². The van der Waals surface area contributed by atoms with Gasteiger partial charge in [0, 0.05) is 13.1 Å². The molecule has 2 fully saturated rings. The summed E-state index contributed by atoms with van der Waals surface area (Å²) >= 11 is 0. The Kier molecular flexibility index (Phi) is 2.74. The lowest BCUT2D eigenvalue weighted by Gasteiger charge is -2.39. The van der Waals surface area contributed by atoms with Crippen LogP contribution >= 0.6 is 0 Å². The van der Waals surface area contributed by atoms with E-state index in [-0.39, 0.29) is 18.1 Å². The molecule has 0 radical (unpaired) electrons. The average Bonchev–Trinajstić information content (AvgIpc) is 2.12. The quantitative estimate of drug-likeness (QED) is 0.601. The topological polar surface area (TPSA) is 52.6 Å². The maximum atomic E-state index is 11.8. The van der Waals surface area contributed by atoms with E-state index in [0.29, 0.717) is 19.0 Å². The van der Waals surface area contributed by atoms with Gasteiger partial charge in [0.15, 0.2) is 0 Å². The minimum Gasteiger partial charge on any atom is -0.389 e. The molecule has 4 heteroatoms. The van der Waals surface area contributed by atoms with Crippen molar-refractivity contribution in [1.29, 1.82) is 0 Å². The Morgan fingerprint density at radius 1 is 1.50 bits per heavy atom. The van der Waals surface area contributed by atoms with Crippen LogP contribution in [0.15, 0.2) is 0 Å². The zero-order valence-electron chi connectivity index (χ0n) is 8.57. The molecule has 0 aromatic heterocycles. The summed E-state index contributed by atoms with van der Waals surface area (Å²) in [5, 5.41) is 12.3. The van der Waals surface area contributed by atoms with Crippen LogP contribution in [0.2, 0.25) is 0 Å². The van der Waals surface area contributed by atoms with Crippen molar-refractivity contribution in [2.75, 3.05) is 19.6 Å². The number of carbonyl (C=O) groups is 1. The number of β-amino-alcohol motifs (C(OH)–C–C–N with tert-alkyl or cyclic N) is 1. The van der Waals surface area contributed by atoms with Crippen molar-refractivity contribution in [2.24, 2.45) is 5.92 Å². The number of rotatable bonds is 1. The summed E-state index contributed by atoms with van der Waals surface area (Å²) in [4.78, 5) is 13.6. The molecule has 2 rings (SSSR count). The predicted molar refractivity (Wildman–Crippen MR) is 52.8 cm³/mol. The number of piperidine rings is 1. The molecule has 0 aromatic rings. The summed E-state index contributed by atoms with van der Waals surface area (Å²) in [6.45, 7) is 4.16. The van der Waals surface area contributed by atoms with Gasteiger partial charge >= 0.3 is 0 Å². The Hall–Kier alpha value is -0.610. The van der Waals surface area contributed by atoms with Gasteiger partial charge in [0.25, 0.3) is 0 Å². The Morgan fingerprint density at radius 2 is 2.21 bits per heavy atom. The third-order valence-corrected chi connectivity index (χ3v) is 3.14. The van der Waals surface area contributed by atoms with Crippen molar-refractivity contribution in [3.05, 3.63) is 0 Å². The molecule has 4 nitrogen and oxygen atoms in total. The van der Waals surface area contributed by atoms with E-state index in [1.165, 1.54) is 0 Å². The lowest BCUT2D eigenvalue weighted by Crippen LogP contribution is -2.59. The van der Waals surface area contributed by atoms with Gasteiger partial charge in [-0.2, -0.15) is 0 Å². The van der Waals surface area contributed by atoms with Crippen molar-refractivity contribution >= 4 is 5.91 Å². The summed E-state index contributed by atoms with van der Waals surface area (Å²) < 4.78 is 0. The molecule has 0 aromatic carbocycles. The Morgan fingerprint density at radius 3 is 2.79 bits per heavy atom. The van der Waals surface area contributed by atoms with Gasteiger partial charge in [0.2, 0.25) is 5.91 Å². The third kappa shape index (κ3) is 1.91. The predicted octanol–water partition coefficient (Wildman–Crippen LogP) is -0.422. The summed E-state index contributed by atoms with van der Waals surface area (Å²) in [7, 11) is 0. The van der Waals surface area contributed by atoms with Crippen molar-refractivity contribution in [3.63, 3.8) is 0 Å². The lowest BCUT2D eigenvalue weighted by molar-refractivity contribution is -0.144. The van der Waals surface area contributed by atoms with Gasteiger partial charge in [-0.3, -0.25) is 4.79 Å². The second-order valence-electron chi connectivity index (χ2n) is 4.53. The van der Waals surface area contributed by atoms with Crippen LogP contribution in [0.5, 0.6) is 0 Å². The van der Waals surface area contributed by atoms with E-state index in [2.05, 4.69) is 12.2 Å². The molecule has 2 N–H and O–H groups in total. The fourth-order valence-corrected chi connectivity index (χ4v) is 2.15. The fraction of sp³-hybridized carbons (Fsp3) is 0.900. The second kappa shape index (κ2) is 3.87. The number of nitrogens with zero attached hydrogens (tertiary/aromatic N) is 1. The Bertz CT molecular complexity index is 226. The van der Waals surface area contributed by atoms with Crippen molar-refractivity contribution in [2.45, 2.75) is 31.9 Å². The number of aliphatic hydroxyl groups is 1. The molecule has 0 aliphatic carbocycles. The largest absolute Gasteiger partial charge is 0.389 e. The smallest absolute Gasteiger partial charge is 0.239 e. The van der Waals surface area contributed by atoms with Crippen LogP contribution in [0, 0.1) is 5.92 Å². The van der Waals surface area contributed by atoms with E-state index >= 15 is 0 Å². The van der Waals surface area contributed by atoms with Gasteiger partial charge in [-0.05, 0) is 25.3 Å². The van der Waals surface area contributed by atoms with Crippen LogP contribution in [0.25, 0.3) is 0 Å². The van der Waals surface area contributed by atoms with E-state index in [0.717, 1.165) is 19.4 Å². The molecular formula is C10H18N2O2. The normalized spacial score (nSPS) is 34.0. The standard InChI is InChI=1S/C10H18N2O2/c1-7-2-3-11-9(4-7)10(14)12-5-8(13)6-12/h7-9,11,13H,2-6H2,1H3. The van der Waals surface area contributed by atoms with Crippen LogP contribution < -0.4 is 5.32 Å². The monoisotopic (exact) mass is 198 g/mol. The zero-order chi connectivity index (χ0) is 10.1. The first-order valence-corrected chi connectivity index (χ1v) is 5.37. The van der Waals surface area contributed by atoms with E-state index in [1.807, 2.05) is 0 Å². The van der Waals surface area contributed by atoms with E-state index in [1.54, 1.807) is 4.90 Å². The summed E-state index contributed by atoms with van der Waals surface area (Å²) in [6, 6.07) is -0.00810. The summed E-state index contributed by atoms with van der Waals surface area (Å²) in [5.41, 5.74) is 0. The maximum absolute atomic E-state index is 11.8. The first-order chi connectivity index (χ1) is 6.66. The molecule has 2 saturated heterocycles. The number of likely N-dealkylation sites (tertiary alicyclic amines) is 1. The summed E-state index contributed by atoms with van der Waals surface area (Å²) in [5.74, 6) is 0.804. The van der Waals surface area contributed by atoms with Gasteiger partial charge in [-0.1, -0.05) is 6.92 Å². The zero-order valence-corrected chi connectivity index (χ0v) is 8.57. The van der Waals surface area contributed by atoms with Crippen molar-refractivity contribution in [1.82, 2.24) is 10.2 Å². The molecule has 0 bridgehead atoms. The highest BCUT2D eigenvalue weighted by Gasteiger charge is 2.34. The molecule has 0 saturated carbocycles. The van der Waals surface area contributed by atoms with Gasteiger partial charge in [-0.25, -0.2) is 0 Å². The highest BCUT2D eigenvalue weighted by atomic mass is 16.3. The molecular weight excluding hydrogens is 180 g/mol. The number of carbonyl (C=O) groups excluding carboxylic acids is 1. The molecule has 2 aliphatic rings. The number of hydrogen-bond donors (Lipinski definition) is 2. The molecule has 2 heterocycles. The number of aliphatic hydroxyl groups excluding tert-OH is 1. The molecule has 0 spiro atoms. The minimum absolute atomic E-state index is 0.00810. The van der Waals surface area contributed by atoms with Gasteiger partial charge in [0.05, 0.1) is 12.1 Å². The maximum Gasteiger partial charge on any atom is 0.239 e. The third-order valence-electron chi connectivity index (χ3n) is 3.14. The van der Waals surface area contributed by atoms with Crippen molar-refractivity contribution in [3.8, 4) is 0 Å². The van der Waals surface area contributed by atoms with Crippen LogP contribution in [0.3, 0.4) is 0 Å². The van der Waals surface area contributed by atoms with E-state index in [4.69, 9.17) is 5.11 Å². The van der Waals surface area contributed by atoms with E-state index in [9.17, 15) is 4.79 Å². The molecule has 2 aliphatic heterocycles. The minimum atomic E-state index is -0.292. The number of hydrogen-bond acceptors (Lipinski definition) is 3. The second-order valence-corrected chi connectivity index (χ2v) is 4.53. The van der Waals surface area contributed by atoms with Gasteiger partial charge in [0.1, 0.15) is 0 Å². The molecule has 2 unspecified atom stereocenters.